The van der Waals surface area contributed by atoms with Gasteiger partial charge in [0.1, 0.15) is 5.75 Å². The Hall–Kier alpha value is -1.84. The van der Waals surface area contributed by atoms with Gasteiger partial charge in [0, 0.05) is 19.4 Å². The first-order chi connectivity index (χ1) is 9.20. The Morgan fingerprint density at radius 2 is 2.16 bits per heavy atom. The SMILES string of the molecule is COc1ccccc1CCC(=O)N1CCCC(=O)C1. The minimum atomic E-state index is 0.0546. The number of likely N-dealkylation sites (tertiary alicyclic amines) is 1. The zero-order valence-electron chi connectivity index (χ0n) is 11.2. The molecule has 1 aliphatic rings. The van der Waals surface area contributed by atoms with Gasteiger partial charge < -0.3 is 9.64 Å². The van der Waals surface area contributed by atoms with Crippen molar-refractivity contribution in [1.82, 2.24) is 4.90 Å². The van der Waals surface area contributed by atoms with Crippen molar-refractivity contribution in [2.75, 3.05) is 20.2 Å². The Bertz CT molecular complexity index is 470. The van der Waals surface area contributed by atoms with Crippen LogP contribution in [-0.2, 0) is 16.0 Å². The number of piperidine rings is 1. The number of carbonyl (C=O) groups excluding carboxylic acids is 2. The Morgan fingerprint density at radius 3 is 2.89 bits per heavy atom. The molecule has 2 rings (SSSR count). The van der Waals surface area contributed by atoms with Gasteiger partial charge in [-0.25, -0.2) is 0 Å². The summed E-state index contributed by atoms with van der Waals surface area (Å²) in [5.41, 5.74) is 1.03. The third-order valence-corrected chi connectivity index (χ3v) is 3.40. The predicted molar refractivity (Wildman–Crippen MR) is 72.1 cm³/mol. The van der Waals surface area contributed by atoms with Crippen LogP contribution < -0.4 is 4.74 Å². The van der Waals surface area contributed by atoms with Crippen molar-refractivity contribution in [3.05, 3.63) is 29.8 Å². The van der Waals surface area contributed by atoms with Crippen molar-refractivity contribution in [3.63, 3.8) is 0 Å². The molecule has 1 aromatic rings. The van der Waals surface area contributed by atoms with Gasteiger partial charge in [-0.2, -0.15) is 0 Å². The van der Waals surface area contributed by atoms with Gasteiger partial charge in [-0.3, -0.25) is 9.59 Å². The summed E-state index contributed by atoms with van der Waals surface area (Å²) < 4.78 is 5.26. The summed E-state index contributed by atoms with van der Waals surface area (Å²) in [5.74, 6) is 1.03. The summed E-state index contributed by atoms with van der Waals surface area (Å²) in [7, 11) is 1.63. The van der Waals surface area contributed by atoms with Crippen molar-refractivity contribution in [1.29, 1.82) is 0 Å². The fourth-order valence-electron chi connectivity index (χ4n) is 2.36. The zero-order valence-corrected chi connectivity index (χ0v) is 11.2. The van der Waals surface area contributed by atoms with E-state index >= 15 is 0 Å². The van der Waals surface area contributed by atoms with Crippen LogP contribution in [0, 0.1) is 0 Å². The van der Waals surface area contributed by atoms with Crippen molar-refractivity contribution < 1.29 is 14.3 Å². The van der Waals surface area contributed by atoms with Crippen molar-refractivity contribution >= 4 is 11.7 Å². The highest BCUT2D eigenvalue weighted by Gasteiger charge is 2.21. The number of hydrogen-bond donors (Lipinski definition) is 0. The van der Waals surface area contributed by atoms with Crippen molar-refractivity contribution in [2.24, 2.45) is 0 Å². The molecule has 1 heterocycles. The van der Waals surface area contributed by atoms with E-state index in [9.17, 15) is 9.59 Å². The molecule has 0 unspecified atom stereocenters. The highest BCUT2D eigenvalue weighted by molar-refractivity contribution is 5.87. The minimum Gasteiger partial charge on any atom is -0.496 e. The van der Waals surface area contributed by atoms with E-state index in [0.29, 0.717) is 25.8 Å². The van der Waals surface area contributed by atoms with Crippen LogP contribution in [0.3, 0.4) is 0 Å². The monoisotopic (exact) mass is 261 g/mol. The lowest BCUT2D eigenvalue weighted by atomic mass is 10.1. The minimum absolute atomic E-state index is 0.0546. The second kappa shape index (κ2) is 6.36. The van der Waals surface area contributed by atoms with E-state index in [2.05, 4.69) is 0 Å². The van der Waals surface area contributed by atoms with Crippen LogP contribution in [0.5, 0.6) is 5.75 Å². The van der Waals surface area contributed by atoms with E-state index in [1.165, 1.54) is 0 Å². The van der Waals surface area contributed by atoms with Gasteiger partial charge in [-0.05, 0) is 24.5 Å². The smallest absolute Gasteiger partial charge is 0.223 e. The lowest BCUT2D eigenvalue weighted by Crippen LogP contribution is -2.40. The molecule has 19 heavy (non-hydrogen) atoms. The average molecular weight is 261 g/mol. The molecule has 4 heteroatoms. The van der Waals surface area contributed by atoms with Crippen LogP contribution in [0.25, 0.3) is 0 Å². The molecule has 4 nitrogen and oxygen atoms in total. The van der Waals surface area contributed by atoms with Gasteiger partial charge in [0.25, 0.3) is 0 Å². The molecule has 0 atom stereocenters. The lowest BCUT2D eigenvalue weighted by Gasteiger charge is -2.25. The lowest BCUT2D eigenvalue weighted by molar-refractivity contribution is -0.137. The van der Waals surface area contributed by atoms with Gasteiger partial charge in [-0.15, -0.1) is 0 Å². The topological polar surface area (TPSA) is 46.6 Å². The fraction of sp³-hybridized carbons (Fsp3) is 0.467. The molecule has 0 saturated carbocycles. The van der Waals surface area contributed by atoms with Crippen LogP contribution in [0.4, 0.5) is 0 Å². The van der Waals surface area contributed by atoms with Crippen molar-refractivity contribution in [3.8, 4) is 5.75 Å². The number of para-hydroxylation sites is 1. The van der Waals surface area contributed by atoms with E-state index in [-0.39, 0.29) is 18.2 Å². The second-order valence-electron chi connectivity index (χ2n) is 4.77. The van der Waals surface area contributed by atoms with E-state index in [1.807, 2.05) is 24.3 Å². The molecule has 0 radical (unpaired) electrons. The number of carbonyl (C=O) groups is 2. The first-order valence-electron chi connectivity index (χ1n) is 6.62. The highest BCUT2D eigenvalue weighted by Crippen LogP contribution is 2.19. The van der Waals surface area contributed by atoms with Crippen LogP contribution in [-0.4, -0.2) is 36.8 Å². The Kier molecular flexibility index (Phi) is 4.55. The number of aryl methyl sites for hydroxylation is 1. The number of methoxy groups -OCH3 is 1. The molecule has 0 spiro atoms. The number of amides is 1. The molecule has 1 amide bonds. The predicted octanol–water partition coefficient (Wildman–Crippen LogP) is 1.82. The molecule has 0 bridgehead atoms. The normalized spacial score (nSPS) is 15.4. The first kappa shape index (κ1) is 13.6. The number of Topliss-reactive ketones (excluding diaryl/α,β-unsaturated/α-hetero) is 1. The highest BCUT2D eigenvalue weighted by atomic mass is 16.5. The summed E-state index contributed by atoms with van der Waals surface area (Å²) >= 11 is 0. The molecule has 102 valence electrons. The average Bonchev–Trinajstić information content (AvgIpc) is 2.45. The molecule has 1 saturated heterocycles. The standard InChI is InChI=1S/C15H19NO3/c1-19-14-7-3-2-5-12(14)8-9-15(18)16-10-4-6-13(17)11-16/h2-3,5,7H,4,6,8-11H2,1H3. The number of benzene rings is 1. The molecule has 0 N–H and O–H groups in total. The zero-order chi connectivity index (χ0) is 13.7. The maximum Gasteiger partial charge on any atom is 0.223 e. The summed E-state index contributed by atoms with van der Waals surface area (Å²) in [6, 6.07) is 7.71. The summed E-state index contributed by atoms with van der Waals surface area (Å²) in [5, 5.41) is 0. The maximum absolute atomic E-state index is 12.0. The van der Waals surface area contributed by atoms with Gasteiger partial charge in [0.2, 0.25) is 5.91 Å². The molecule has 0 aromatic heterocycles. The van der Waals surface area contributed by atoms with Gasteiger partial charge in [0.05, 0.1) is 13.7 Å². The molecule has 1 aliphatic heterocycles. The van der Waals surface area contributed by atoms with E-state index < -0.39 is 0 Å². The Labute approximate surface area is 113 Å². The maximum atomic E-state index is 12.0. The van der Waals surface area contributed by atoms with Gasteiger partial charge >= 0.3 is 0 Å². The quantitative estimate of drug-likeness (QED) is 0.830. The van der Waals surface area contributed by atoms with Crippen molar-refractivity contribution in [2.45, 2.75) is 25.7 Å². The third-order valence-electron chi connectivity index (χ3n) is 3.40. The van der Waals surface area contributed by atoms with E-state index in [1.54, 1.807) is 12.0 Å². The van der Waals surface area contributed by atoms with Crippen LogP contribution >= 0.6 is 0 Å². The Balaban J connectivity index is 1.91. The first-order valence-corrected chi connectivity index (χ1v) is 6.62. The molecule has 0 aliphatic carbocycles. The molecular weight excluding hydrogens is 242 g/mol. The van der Waals surface area contributed by atoms with Crippen LogP contribution in [0.1, 0.15) is 24.8 Å². The van der Waals surface area contributed by atoms with Gasteiger partial charge in [0.15, 0.2) is 5.78 Å². The van der Waals surface area contributed by atoms with Crippen LogP contribution in [0.15, 0.2) is 24.3 Å². The van der Waals surface area contributed by atoms with E-state index in [0.717, 1.165) is 17.7 Å². The van der Waals surface area contributed by atoms with Crippen LogP contribution in [0.2, 0.25) is 0 Å². The largest absolute Gasteiger partial charge is 0.496 e. The number of ketones is 1. The fourth-order valence-corrected chi connectivity index (χ4v) is 2.36. The summed E-state index contributed by atoms with van der Waals surface area (Å²) in [6.45, 7) is 0.987. The summed E-state index contributed by atoms with van der Waals surface area (Å²) in [4.78, 5) is 25.1. The number of rotatable bonds is 4. The molecule has 1 fully saturated rings. The number of hydrogen-bond acceptors (Lipinski definition) is 3. The van der Waals surface area contributed by atoms with Gasteiger partial charge in [-0.1, -0.05) is 18.2 Å². The Morgan fingerprint density at radius 1 is 1.37 bits per heavy atom. The third kappa shape index (κ3) is 3.56. The summed E-state index contributed by atoms with van der Waals surface area (Å²) in [6.07, 6.45) is 2.47. The van der Waals surface area contributed by atoms with E-state index in [4.69, 9.17) is 4.74 Å². The molecular formula is C15H19NO3. The second-order valence-corrected chi connectivity index (χ2v) is 4.77. The number of nitrogens with zero attached hydrogens (tertiary/aromatic N) is 1. The number of ether oxygens (including phenoxy) is 1. The molecule has 1 aromatic carbocycles.